The molecule has 0 saturated carbocycles. The van der Waals surface area contributed by atoms with E-state index in [1.165, 1.54) is 6.42 Å². The number of ether oxygens (including phenoxy) is 1. The Hall–Kier alpha value is -0.120. The summed E-state index contributed by atoms with van der Waals surface area (Å²) >= 11 is 0. The van der Waals surface area contributed by atoms with Crippen molar-refractivity contribution in [2.45, 2.75) is 65.1 Å². The second-order valence-electron chi connectivity index (χ2n) is 6.89. The maximum absolute atomic E-state index is 5.75. The summed E-state index contributed by atoms with van der Waals surface area (Å²) in [6.07, 6.45) is 1.20. The zero-order valence-electron chi connectivity index (χ0n) is 12.5. The Labute approximate surface area is 107 Å². The van der Waals surface area contributed by atoms with Gasteiger partial charge in [-0.15, -0.1) is 0 Å². The highest BCUT2D eigenvalue weighted by atomic mass is 16.5. The molecule has 0 aliphatic carbocycles. The van der Waals surface area contributed by atoms with Crippen molar-refractivity contribution in [1.82, 2.24) is 10.2 Å². The van der Waals surface area contributed by atoms with Crippen LogP contribution in [0.3, 0.4) is 0 Å². The van der Waals surface area contributed by atoms with E-state index in [2.05, 4.69) is 51.8 Å². The van der Waals surface area contributed by atoms with Gasteiger partial charge >= 0.3 is 0 Å². The highest BCUT2D eigenvalue weighted by molar-refractivity contribution is 4.82. The van der Waals surface area contributed by atoms with Crippen LogP contribution in [0.4, 0.5) is 0 Å². The molecule has 17 heavy (non-hydrogen) atoms. The molecule has 0 aromatic rings. The molecule has 3 nitrogen and oxygen atoms in total. The molecule has 1 unspecified atom stereocenters. The fourth-order valence-corrected chi connectivity index (χ4v) is 2.27. The SMILES string of the molecule is CC(CCNC(C)(C)C)N1CCOC(C)(C)C1. The zero-order valence-corrected chi connectivity index (χ0v) is 12.5. The molecular weight excluding hydrogens is 212 g/mol. The minimum atomic E-state index is 0.0178. The minimum Gasteiger partial charge on any atom is -0.373 e. The first-order valence-electron chi connectivity index (χ1n) is 6.83. The molecule has 0 spiro atoms. The molecule has 0 aromatic carbocycles. The Morgan fingerprint density at radius 1 is 1.35 bits per heavy atom. The lowest BCUT2D eigenvalue weighted by Crippen LogP contribution is -2.52. The van der Waals surface area contributed by atoms with Crippen molar-refractivity contribution in [3.63, 3.8) is 0 Å². The highest BCUT2D eigenvalue weighted by Gasteiger charge is 2.29. The molecule has 1 heterocycles. The average Bonchev–Trinajstić information content (AvgIpc) is 2.13. The fourth-order valence-electron chi connectivity index (χ4n) is 2.27. The van der Waals surface area contributed by atoms with Crippen LogP contribution in [0.5, 0.6) is 0 Å². The monoisotopic (exact) mass is 242 g/mol. The maximum atomic E-state index is 5.75. The number of nitrogens with zero attached hydrogens (tertiary/aromatic N) is 1. The van der Waals surface area contributed by atoms with E-state index in [1.54, 1.807) is 0 Å². The summed E-state index contributed by atoms with van der Waals surface area (Å²) in [7, 11) is 0. The predicted molar refractivity (Wildman–Crippen MR) is 73.4 cm³/mol. The molecule has 102 valence electrons. The van der Waals surface area contributed by atoms with Crippen LogP contribution in [0.2, 0.25) is 0 Å². The van der Waals surface area contributed by atoms with Gasteiger partial charge in [0.05, 0.1) is 12.2 Å². The lowest BCUT2D eigenvalue weighted by Gasteiger charge is -2.41. The Morgan fingerprint density at radius 2 is 2.00 bits per heavy atom. The first kappa shape index (κ1) is 14.9. The van der Waals surface area contributed by atoms with Crippen LogP contribution >= 0.6 is 0 Å². The number of nitrogens with one attached hydrogen (secondary N) is 1. The topological polar surface area (TPSA) is 24.5 Å². The van der Waals surface area contributed by atoms with Crippen LogP contribution in [0.1, 0.15) is 48.0 Å². The van der Waals surface area contributed by atoms with Crippen molar-refractivity contribution >= 4 is 0 Å². The van der Waals surface area contributed by atoms with E-state index < -0.39 is 0 Å². The minimum absolute atomic E-state index is 0.0178. The summed E-state index contributed by atoms with van der Waals surface area (Å²) in [5.41, 5.74) is 0.244. The summed E-state index contributed by atoms with van der Waals surface area (Å²) in [4.78, 5) is 2.55. The van der Waals surface area contributed by atoms with Crippen molar-refractivity contribution < 1.29 is 4.74 Å². The number of hydrogen-bond donors (Lipinski definition) is 1. The zero-order chi connectivity index (χ0) is 13.1. The number of hydrogen-bond acceptors (Lipinski definition) is 3. The predicted octanol–water partition coefficient (Wildman–Crippen LogP) is 2.26. The van der Waals surface area contributed by atoms with E-state index in [4.69, 9.17) is 4.74 Å². The van der Waals surface area contributed by atoms with E-state index >= 15 is 0 Å². The van der Waals surface area contributed by atoms with Gasteiger partial charge in [0.1, 0.15) is 0 Å². The highest BCUT2D eigenvalue weighted by Crippen LogP contribution is 2.19. The number of morpholine rings is 1. The van der Waals surface area contributed by atoms with Gasteiger partial charge in [-0.3, -0.25) is 4.90 Å². The van der Waals surface area contributed by atoms with Crippen LogP contribution < -0.4 is 5.32 Å². The van der Waals surface area contributed by atoms with Gasteiger partial charge in [0, 0.05) is 24.7 Å². The van der Waals surface area contributed by atoms with Gasteiger partial charge < -0.3 is 10.1 Å². The molecule has 1 N–H and O–H groups in total. The summed E-state index contributed by atoms with van der Waals surface area (Å²) in [6, 6.07) is 0.632. The van der Waals surface area contributed by atoms with Crippen molar-refractivity contribution in [3.8, 4) is 0 Å². The van der Waals surface area contributed by atoms with Gasteiger partial charge in [0.25, 0.3) is 0 Å². The fraction of sp³-hybridized carbons (Fsp3) is 1.00. The maximum Gasteiger partial charge on any atom is 0.0753 e. The smallest absolute Gasteiger partial charge is 0.0753 e. The van der Waals surface area contributed by atoms with Crippen LogP contribution in [-0.2, 0) is 4.74 Å². The van der Waals surface area contributed by atoms with E-state index in [0.717, 1.165) is 26.2 Å². The second kappa shape index (κ2) is 5.68. The lowest BCUT2D eigenvalue weighted by molar-refractivity contribution is -0.0959. The summed E-state index contributed by atoms with van der Waals surface area (Å²) in [6.45, 7) is 17.4. The largest absolute Gasteiger partial charge is 0.373 e. The van der Waals surface area contributed by atoms with E-state index in [0.29, 0.717) is 6.04 Å². The van der Waals surface area contributed by atoms with Crippen molar-refractivity contribution in [1.29, 1.82) is 0 Å². The van der Waals surface area contributed by atoms with E-state index in [9.17, 15) is 0 Å². The third-order valence-electron chi connectivity index (χ3n) is 3.30. The quantitative estimate of drug-likeness (QED) is 0.818. The summed E-state index contributed by atoms with van der Waals surface area (Å²) in [5.74, 6) is 0. The average molecular weight is 242 g/mol. The lowest BCUT2D eigenvalue weighted by atomic mass is 10.0. The van der Waals surface area contributed by atoms with Gasteiger partial charge in [0.2, 0.25) is 0 Å². The van der Waals surface area contributed by atoms with Gasteiger partial charge in [-0.25, -0.2) is 0 Å². The first-order chi connectivity index (χ1) is 7.70. The van der Waals surface area contributed by atoms with Crippen LogP contribution in [0.25, 0.3) is 0 Å². The van der Waals surface area contributed by atoms with E-state index in [-0.39, 0.29) is 11.1 Å². The van der Waals surface area contributed by atoms with Crippen LogP contribution in [0.15, 0.2) is 0 Å². The molecule has 1 rings (SSSR count). The number of rotatable bonds is 4. The molecule has 0 amide bonds. The summed E-state index contributed by atoms with van der Waals surface area (Å²) in [5, 5.41) is 3.55. The molecule has 1 fully saturated rings. The first-order valence-corrected chi connectivity index (χ1v) is 6.83. The molecule has 0 aromatic heterocycles. The third-order valence-corrected chi connectivity index (χ3v) is 3.30. The normalized spacial score (nSPS) is 23.6. The molecule has 3 heteroatoms. The van der Waals surface area contributed by atoms with Crippen molar-refractivity contribution in [3.05, 3.63) is 0 Å². The van der Waals surface area contributed by atoms with Gasteiger partial charge in [0.15, 0.2) is 0 Å². The van der Waals surface area contributed by atoms with E-state index in [1.807, 2.05) is 0 Å². The van der Waals surface area contributed by atoms with Gasteiger partial charge in [-0.1, -0.05) is 0 Å². The molecule has 1 aliphatic heterocycles. The van der Waals surface area contributed by atoms with Gasteiger partial charge in [-0.2, -0.15) is 0 Å². The molecule has 0 radical (unpaired) electrons. The Morgan fingerprint density at radius 3 is 2.53 bits per heavy atom. The van der Waals surface area contributed by atoms with Crippen molar-refractivity contribution in [2.24, 2.45) is 0 Å². The Bertz CT molecular complexity index is 233. The second-order valence-corrected chi connectivity index (χ2v) is 6.89. The summed E-state index contributed by atoms with van der Waals surface area (Å²) < 4.78 is 5.75. The Balaban J connectivity index is 2.30. The Kier molecular flexibility index (Phi) is 4.99. The molecule has 1 saturated heterocycles. The van der Waals surface area contributed by atoms with Crippen LogP contribution in [-0.4, -0.2) is 48.3 Å². The molecule has 1 aliphatic rings. The molecule has 0 bridgehead atoms. The standard InChI is InChI=1S/C14H30N2O/c1-12(7-8-15-13(2,3)4)16-9-10-17-14(5,6)11-16/h12,15H,7-11H2,1-6H3. The third kappa shape index (κ3) is 5.84. The molecule has 1 atom stereocenters. The van der Waals surface area contributed by atoms with Crippen molar-refractivity contribution in [2.75, 3.05) is 26.2 Å². The van der Waals surface area contributed by atoms with Crippen LogP contribution in [0, 0.1) is 0 Å². The molecular formula is C14H30N2O. The van der Waals surface area contributed by atoms with Gasteiger partial charge in [-0.05, 0) is 54.5 Å².